The van der Waals surface area contributed by atoms with Gasteiger partial charge in [0.1, 0.15) is 12.6 Å². The van der Waals surface area contributed by atoms with Gasteiger partial charge in [0.25, 0.3) is 10.0 Å². The van der Waals surface area contributed by atoms with Crippen molar-refractivity contribution in [3.05, 3.63) is 130 Å². The predicted octanol–water partition coefficient (Wildman–Crippen LogP) is 5.88. The van der Waals surface area contributed by atoms with E-state index in [0.29, 0.717) is 21.3 Å². The Labute approximate surface area is 256 Å². The van der Waals surface area contributed by atoms with E-state index in [-0.39, 0.29) is 23.8 Å². The SMILES string of the molecule is CNC(=O)C(Cc1ccccc1)N(Cc1ccccc1Cl)C(=O)CN(c1ccc(C)cc1)S(=O)(=O)c1ccc(Cl)cc1. The summed E-state index contributed by atoms with van der Waals surface area (Å²) in [4.78, 5) is 28.9. The van der Waals surface area contributed by atoms with Crippen LogP contribution in [0.1, 0.15) is 16.7 Å². The Hall–Kier alpha value is -3.85. The summed E-state index contributed by atoms with van der Waals surface area (Å²) in [6.07, 6.45) is 0.213. The highest BCUT2D eigenvalue weighted by Gasteiger charge is 2.34. The second-order valence-electron chi connectivity index (χ2n) is 9.73. The largest absolute Gasteiger partial charge is 0.357 e. The van der Waals surface area contributed by atoms with Gasteiger partial charge >= 0.3 is 0 Å². The van der Waals surface area contributed by atoms with Crippen molar-refractivity contribution in [3.8, 4) is 0 Å². The maximum absolute atomic E-state index is 14.3. The highest BCUT2D eigenvalue weighted by molar-refractivity contribution is 7.92. The van der Waals surface area contributed by atoms with E-state index in [2.05, 4.69) is 5.32 Å². The molecule has 0 saturated heterocycles. The first-order valence-corrected chi connectivity index (χ1v) is 15.4. The van der Waals surface area contributed by atoms with Gasteiger partial charge in [0, 0.05) is 30.1 Å². The number of nitrogens with zero attached hydrogens (tertiary/aromatic N) is 2. The van der Waals surface area contributed by atoms with Crippen molar-refractivity contribution in [2.24, 2.45) is 0 Å². The molecule has 7 nitrogen and oxygen atoms in total. The molecule has 4 aromatic carbocycles. The van der Waals surface area contributed by atoms with E-state index in [0.717, 1.165) is 15.4 Å². The average molecular weight is 625 g/mol. The number of carbonyl (C=O) groups is 2. The molecule has 0 fully saturated rings. The number of carbonyl (C=O) groups excluding carboxylic acids is 2. The highest BCUT2D eigenvalue weighted by Crippen LogP contribution is 2.27. The van der Waals surface area contributed by atoms with Crippen molar-refractivity contribution in [1.82, 2.24) is 10.2 Å². The molecule has 0 saturated carbocycles. The van der Waals surface area contributed by atoms with Gasteiger partial charge in [0.2, 0.25) is 11.8 Å². The fourth-order valence-corrected chi connectivity index (χ4v) is 6.24. The van der Waals surface area contributed by atoms with Crippen LogP contribution in [0, 0.1) is 6.92 Å². The van der Waals surface area contributed by atoms with E-state index in [1.54, 1.807) is 48.5 Å². The number of nitrogens with one attached hydrogen (secondary N) is 1. The predicted molar refractivity (Wildman–Crippen MR) is 167 cm³/mol. The number of anilines is 1. The first-order valence-electron chi connectivity index (χ1n) is 13.2. The molecule has 0 aliphatic heterocycles. The molecule has 218 valence electrons. The van der Waals surface area contributed by atoms with Gasteiger partial charge in [0.05, 0.1) is 10.6 Å². The van der Waals surface area contributed by atoms with E-state index >= 15 is 0 Å². The van der Waals surface area contributed by atoms with Crippen LogP contribution in [0.15, 0.2) is 108 Å². The molecule has 1 unspecified atom stereocenters. The van der Waals surface area contributed by atoms with E-state index in [9.17, 15) is 18.0 Å². The van der Waals surface area contributed by atoms with Crippen LogP contribution in [0.5, 0.6) is 0 Å². The molecule has 0 bridgehead atoms. The molecule has 10 heteroatoms. The molecule has 0 heterocycles. The number of aryl methyl sites for hydroxylation is 1. The maximum atomic E-state index is 14.3. The number of rotatable bonds is 11. The Morgan fingerprint density at radius 1 is 0.833 bits per heavy atom. The summed E-state index contributed by atoms with van der Waals surface area (Å²) in [7, 11) is -2.70. The van der Waals surface area contributed by atoms with Gasteiger partial charge in [-0.2, -0.15) is 0 Å². The molecule has 0 aliphatic rings. The summed E-state index contributed by atoms with van der Waals surface area (Å²) < 4.78 is 29.0. The van der Waals surface area contributed by atoms with Crippen LogP contribution in [0.3, 0.4) is 0 Å². The summed E-state index contributed by atoms with van der Waals surface area (Å²) in [6, 6.07) is 28.0. The van der Waals surface area contributed by atoms with Gasteiger partial charge in [-0.05, 0) is 60.5 Å². The topological polar surface area (TPSA) is 86.8 Å². The lowest BCUT2D eigenvalue weighted by Gasteiger charge is -2.33. The molecule has 0 aromatic heterocycles. The van der Waals surface area contributed by atoms with Crippen LogP contribution >= 0.6 is 23.2 Å². The summed E-state index contributed by atoms with van der Waals surface area (Å²) in [5.41, 5.74) is 2.70. The first kappa shape index (κ1) is 31.1. The number of benzene rings is 4. The van der Waals surface area contributed by atoms with E-state index in [1.807, 2.05) is 37.3 Å². The Balaban J connectivity index is 1.79. The second-order valence-corrected chi connectivity index (χ2v) is 12.4. The maximum Gasteiger partial charge on any atom is 0.264 e. The van der Waals surface area contributed by atoms with E-state index < -0.39 is 28.5 Å². The third-order valence-electron chi connectivity index (χ3n) is 6.82. The summed E-state index contributed by atoms with van der Waals surface area (Å²) in [6.45, 7) is 1.32. The van der Waals surface area contributed by atoms with Crippen LogP contribution in [-0.4, -0.2) is 44.8 Å². The molecule has 2 amide bonds. The second kappa shape index (κ2) is 13.9. The Morgan fingerprint density at radius 3 is 2.07 bits per heavy atom. The van der Waals surface area contributed by atoms with Crippen molar-refractivity contribution in [1.29, 1.82) is 0 Å². The lowest BCUT2D eigenvalue weighted by Crippen LogP contribution is -2.53. The third kappa shape index (κ3) is 7.50. The van der Waals surface area contributed by atoms with Gasteiger partial charge < -0.3 is 10.2 Å². The summed E-state index contributed by atoms with van der Waals surface area (Å²) in [5, 5.41) is 3.47. The van der Waals surface area contributed by atoms with Crippen molar-refractivity contribution in [3.63, 3.8) is 0 Å². The van der Waals surface area contributed by atoms with Crippen LogP contribution in [0.2, 0.25) is 10.0 Å². The number of sulfonamides is 1. The number of likely N-dealkylation sites (N-methyl/N-ethyl adjacent to an activating group) is 1. The van der Waals surface area contributed by atoms with Crippen molar-refractivity contribution in [2.45, 2.75) is 30.8 Å². The van der Waals surface area contributed by atoms with Gasteiger partial charge in [-0.15, -0.1) is 0 Å². The van der Waals surface area contributed by atoms with E-state index in [1.165, 1.54) is 36.2 Å². The van der Waals surface area contributed by atoms with Crippen molar-refractivity contribution in [2.75, 3.05) is 17.9 Å². The minimum atomic E-state index is -4.20. The highest BCUT2D eigenvalue weighted by atomic mass is 35.5. The lowest BCUT2D eigenvalue weighted by molar-refractivity contribution is -0.139. The number of hydrogen-bond donors (Lipinski definition) is 1. The summed E-state index contributed by atoms with van der Waals surface area (Å²) in [5.74, 6) is -0.959. The van der Waals surface area contributed by atoms with Gasteiger partial charge in [0.15, 0.2) is 0 Å². The zero-order chi connectivity index (χ0) is 30.3. The number of halogens is 2. The molecule has 1 N–H and O–H groups in total. The quantitative estimate of drug-likeness (QED) is 0.226. The normalized spacial score (nSPS) is 11.9. The third-order valence-corrected chi connectivity index (χ3v) is 9.23. The van der Waals surface area contributed by atoms with E-state index in [4.69, 9.17) is 23.2 Å². The lowest BCUT2D eigenvalue weighted by atomic mass is 10.0. The monoisotopic (exact) mass is 623 g/mol. The smallest absolute Gasteiger partial charge is 0.264 e. The first-order chi connectivity index (χ1) is 20.1. The Morgan fingerprint density at radius 2 is 1.45 bits per heavy atom. The number of amides is 2. The molecule has 4 aromatic rings. The fourth-order valence-electron chi connectivity index (χ4n) is 4.50. The minimum Gasteiger partial charge on any atom is -0.357 e. The summed E-state index contributed by atoms with van der Waals surface area (Å²) >= 11 is 12.5. The van der Waals surface area contributed by atoms with Gasteiger partial charge in [-0.1, -0.05) is 89.4 Å². The van der Waals surface area contributed by atoms with Crippen LogP contribution in [-0.2, 0) is 32.6 Å². The van der Waals surface area contributed by atoms with Crippen LogP contribution < -0.4 is 9.62 Å². The Bertz CT molecular complexity index is 1630. The van der Waals surface area contributed by atoms with Crippen LogP contribution in [0.25, 0.3) is 0 Å². The standard InChI is InChI=1S/C32H31Cl2N3O4S/c1-23-12-16-27(17-13-23)37(42(40,41)28-18-14-26(33)15-19-28)22-31(38)36(21-25-10-6-7-11-29(25)34)30(32(39)35-2)20-24-8-4-3-5-9-24/h3-19,30H,20-22H2,1-2H3,(H,35,39). The van der Waals surface area contributed by atoms with Gasteiger partial charge in [-0.25, -0.2) is 8.42 Å². The zero-order valence-corrected chi connectivity index (χ0v) is 25.5. The molecular weight excluding hydrogens is 593 g/mol. The molecule has 42 heavy (non-hydrogen) atoms. The number of hydrogen-bond acceptors (Lipinski definition) is 4. The molecular formula is C32H31Cl2N3O4S. The zero-order valence-electron chi connectivity index (χ0n) is 23.2. The molecule has 4 rings (SSSR count). The molecule has 0 spiro atoms. The molecule has 1 atom stereocenters. The van der Waals surface area contributed by atoms with Crippen LogP contribution in [0.4, 0.5) is 5.69 Å². The minimum absolute atomic E-state index is 0.00778. The van der Waals surface area contributed by atoms with Gasteiger partial charge in [-0.3, -0.25) is 13.9 Å². The molecule has 0 aliphatic carbocycles. The average Bonchev–Trinajstić information content (AvgIpc) is 2.99. The Kier molecular flexibility index (Phi) is 10.3. The fraction of sp³-hybridized carbons (Fsp3) is 0.188. The molecule has 0 radical (unpaired) electrons. The van der Waals surface area contributed by atoms with Crippen molar-refractivity contribution < 1.29 is 18.0 Å². The van der Waals surface area contributed by atoms with Crippen molar-refractivity contribution >= 4 is 50.7 Å².